The van der Waals surface area contributed by atoms with Crippen LogP contribution < -0.4 is 20.4 Å². The van der Waals surface area contributed by atoms with E-state index in [0.717, 1.165) is 24.0 Å². The number of carbonyl (C=O) groups is 1. The third-order valence-corrected chi connectivity index (χ3v) is 7.12. The lowest BCUT2D eigenvalue weighted by Gasteiger charge is -2.21. The van der Waals surface area contributed by atoms with Crippen molar-refractivity contribution in [3.05, 3.63) is 94.7 Å². The second kappa shape index (κ2) is 10.8. The molecule has 9 heteroatoms. The number of nitrogens with one attached hydrogen (secondary N) is 2. The zero-order valence-corrected chi connectivity index (χ0v) is 22.5. The van der Waals surface area contributed by atoms with Gasteiger partial charge in [0, 0.05) is 36.6 Å². The first kappa shape index (κ1) is 26.2. The second-order valence-electron chi connectivity index (χ2n) is 10.0. The summed E-state index contributed by atoms with van der Waals surface area (Å²) >= 11 is 0. The summed E-state index contributed by atoms with van der Waals surface area (Å²) in [7, 11) is 5.02. The predicted molar refractivity (Wildman–Crippen MR) is 145 cm³/mol. The zero-order chi connectivity index (χ0) is 27.7. The molecule has 4 aromatic rings. The Morgan fingerprint density at radius 2 is 1.82 bits per heavy atom. The second-order valence-corrected chi connectivity index (χ2v) is 10.0. The Labute approximate surface area is 226 Å². The summed E-state index contributed by atoms with van der Waals surface area (Å²) in [6.45, 7) is 2.19. The van der Waals surface area contributed by atoms with E-state index in [1.807, 2.05) is 49.8 Å². The van der Waals surface area contributed by atoms with Gasteiger partial charge in [-0.05, 0) is 78.8 Å². The molecule has 202 valence electrons. The van der Waals surface area contributed by atoms with Crippen molar-refractivity contribution in [3.8, 4) is 22.8 Å². The fourth-order valence-corrected chi connectivity index (χ4v) is 4.88. The van der Waals surface area contributed by atoms with Crippen LogP contribution in [0.3, 0.4) is 0 Å². The summed E-state index contributed by atoms with van der Waals surface area (Å²) in [5.74, 6) is 1.01. The molecule has 2 N–H and O–H groups in total. The van der Waals surface area contributed by atoms with Gasteiger partial charge in [0.2, 0.25) is 5.62 Å². The molecule has 2 heterocycles. The van der Waals surface area contributed by atoms with Crippen LogP contribution in [-0.4, -0.2) is 34.2 Å². The lowest BCUT2D eigenvalue weighted by molar-refractivity contribution is 0.0931. The maximum Gasteiger partial charge on any atom is 0.251 e. The van der Waals surface area contributed by atoms with Crippen molar-refractivity contribution in [2.75, 3.05) is 14.2 Å². The van der Waals surface area contributed by atoms with E-state index in [-0.39, 0.29) is 11.9 Å². The Morgan fingerprint density at radius 3 is 2.41 bits per heavy atom. The topological polar surface area (TPSA) is 94.2 Å². The molecule has 2 aromatic carbocycles. The molecule has 1 aliphatic rings. The number of aromatic nitrogens is 3. The monoisotopic (exact) mass is 529 g/mol. The quantitative estimate of drug-likeness (QED) is 0.327. The van der Waals surface area contributed by atoms with E-state index in [4.69, 9.17) is 14.9 Å². The van der Waals surface area contributed by atoms with Crippen LogP contribution in [0.4, 0.5) is 4.39 Å². The van der Waals surface area contributed by atoms with Crippen molar-refractivity contribution in [1.82, 2.24) is 19.4 Å². The van der Waals surface area contributed by atoms with Crippen molar-refractivity contribution in [2.45, 2.75) is 32.4 Å². The molecule has 1 saturated carbocycles. The van der Waals surface area contributed by atoms with Crippen molar-refractivity contribution >= 4 is 5.91 Å². The zero-order valence-electron chi connectivity index (χ0n) is 22.5. The highest BCUT2D eigenvalue weighted by atomic mass is 19.1. The molecule has 0 aliphatic heterocycles. The van der Waals surface area contributed by atoms with Crippen molar-refractivity contribution in [2.24, 2.45) is 13.0 Å². The highest BCUT2D eigenvalue weighted by Crippen LogP contribution is 2.43. The van der Waals surface area contributed by atoms with E-state index in [0.29, 0.717) is 52.0 Å². The third kappa shape index (κ3) is 5.72. The highest BCUT2D eigenvalue weighted by Gasteiger charge is 2.34. The summed E-state index contributed by atoms with van der Waals surface area (Å²) in [5.41, 5.74) is 4.55. The molecular formula is C30H32FN5O3. The molecule has 39 heavy (non-hydrogen) atoms. The van der Waals surface area contributed by atoms with Gasteiger partial charge in [-0.25, -0.2) is 4.39 Å². The molecule has 0 radical (unpaired) electrons. The molecule has 8 nitrogen and oxygen atoms in total. The van der Waals surface area contributed by atoms with Crippen molar-refractivity contribution < 1.29 is 18.7 Å². The molecule has 1 fully saturated rings. The van der Waals surface area contributed by atoms with Crippen molar-refractivity contribution in [1.29, 1.82) is 5.41 Å². The van der Waals surface area contributed by atoms with E-state index >= 15 is 0 Å². The number of hydrogen-bond donors (Lipinski definition) is 2. The van der Waals surface area contributed by atoms with Gasteiger partial charge in [0.05, 0.1) is 38.7 Å². The van der Waals surface area contributed by atoms with E-state index < -0.39 is 5.82 Å². The van der Waals surface area contributed by atoms with Crippen LogP contribution in [0.2, 0.25) is 0 Å². The SMILES string of the molecule is COc1cc(OC)cc(C(NC(=O)c2cc(Cn3ccn(C)c3=N)cc(-c3ncc(F)cc3C)c2)C2CC2)c1. The average molecular weight is 530 g/mol. The number of methoxy groups -OCH3 is 2. The number of nitrogens with zero attached hydrogens (tertiary/aromatic N) is 3. The molecule has 1 atom stereocenters. The van der Waals surface area contributed by atoms with Crippen LogP contribution in [0.25, 0.3) is 11.3 Å². The minimum absolute atomic E-state index is 0.206. The number of ether oxygens (including phenoxy) is 2. The molecule has 2 aromatic heterocycles. The van der Waals surface area contributed by atoms with Crippen LogP contribution in [0.15, 0.2) is 61.1 Å². The maximum absolute atomic E-state index is 13.8. The van der Waals surface area contributed by atoms with Gasteiger partial charge in [-0.2, -0.15) is 0 Å². The lowest BCUT2D eigenvalue weighted by Crippen LogP contribution is -2.30. The lowest BCUT2D eigenvalue weighted by atomic mass is 9.98. The minimum atomic E-state index is -0.412. The number of benzene rings is 2. The van der Waals surface area contributed by atoms with Gasteiger partial charge in [0.15, 0.2) is 0 Å². The highest BCUT2D eigenvalue weighted by molar-refractivity contribution is 5.96. The Hall–Kier alpha value is -4.40. The van der Waals surface area contributed by atoms with Gasteiger partial charge >= 0.3 is 0 Å². The fourth-order valence-electron chi connectivity index (χ4n) is 4.88. The van der Waals surface area contributed by atoms with Crippen LogP contribution >= 0.6 is 0 Å². The molecule has 0 bridgehead atoms. The van der Waals surface area contributed by atoms with Gasteiger partial charge in [-0.1, -0.05) is 0 Å². The van der Waals surface area contributed by atoms with Crippen LogP contribution in [0, 0.1) is 24.1 Å². The normalized spacial score (nSPS) is 13.7. The number of aryl methyl sites for hydroxylation is 2. The first-order valence-corrected chi connectivity index (χ1v) is 12.8. The van der Waals surface area contributed by atoms with Crippen LogP contribution in [-0.2, 0) is 13.6 Å². The largest absolute Gasteiger partial charge is 0.497 e. The summed E-state index contributed by atoms with van der Waals surface area (Å²) in [6.07, 6.45) is 6.86. The molecular weight excluding hydrogens is 497 g/mol. The van der Waals surface area contributed by atoms with Gasteiger partial charge < -0.3 is 23.9 Å². The molecule has 5 rings (SSSR count). The van der Waals surface area contributed by atoms with Gasteiger partial charge in [0.25, 0.3) is 5.91 Å². The molecule has 1 unspecified atom stereocenters. The van der Waals surface area contributed by atoms with Crippen LogP contribution in [0.5, 0.6) is 11.5 Å². The van der Waals surface area contributed by atoms with Gasteiger partial charge in [-0.15, -0.1) is 0 Å². The summed E-state index contributed by atoms with van der Waals surface area (Å²) in [5, 5.41) is 11.6. The number of amides is 1. The summed E-state index contributed by atoms with van der Waals surface area (Å²) in [6, 6.07) is 12.5. The molecule has 0 saturated heterocycles. The molecule has 1 amide bonds. The number of hydrogen-bond acceptors (Lipinski definition) is 5. The Kier molecular flexibility index (Phi) is 7.24. The molecule has 0 spiro atoms. The number of imidazole rings is 1. The Morgan fingerprint density at radius 1 is 1.10 bits per heavy atom. The standard InChI is InChI=1S/C30H32FN5O3/c1-18-9-24(31)16-33-27(18)21-10-19(17-36-8-7-35(2)30(36)32)11-23(12-21)29(37)34-28(20-5-6-20)22-13-25(38-3)15-26(14-22)39-4/h7-16,20,28,32H,5-6,17H2,1-4H3,(H,34,37). The smallest absolute Gasteiger partial charge is 0.251 e. The van der Waals surface area contributed by atoms with E-state index in [1.165, 1.54) is 12.3 Å². The number of pyridine rings is 1. The van der Waals surface area contributed by atoms with E-state index in [9.17, 15) is 9.18 Å². The van der Waals surface area contributed by atoms with E-state index in [1.54, 1.807) is 36.3 Å². The summed E-state index contributed by atoms with van der Waals surface area (Å²) in [4.78, 5) is 18.1. The minimum Gasteiger partial charge on any atom is -0.497 e. The number of rotatable bonds is 9. The number of halogens is 1. The Bertz CT molecular complexity index is 1570. The maximum atomic E-state index is 13.8. The van der Waals surface area contributed by atoms with Gasteiger partial charge in [-0.3, -0.25) is 15.2 Å². The fraction of sp³-hybridized carbons (Fsp3) is 0.300. The first-order valence-electron chi connectivity index (χ1n) is 12.8. The third-order valence-electron chi connectivity index (χ3n) is 7.12. The predicted octanol–water partition coefficient (Wildman–Crippen LogP) is 4.76. The first-order chi connectivity index (χ1) is 18.7. The van der Waals surface area contributed by atoms with E-state index in [2.05, 4.69) is 10.3 Å². The summed E-state index contributed by atoms with van der Waals surface area (Å²) < 4.78 is 28.2. The Balaban J connectivity index is 1.53. The average Bonchev–Trinajstić information content (AvgIpc) is 3.73. The van der Waals surface area contributed by atoms with Crippen molar-refractivity contribution in [3.63, 3.8) is 0 Å². The van der Waals surface area contributed by atoms with Crippen LogP contribution in [0.1, 0.15) is 45.9 Å². The number of carbonyl (C=O) groups excluding carboxylic acids is 1. The molecule has 1 aliphatic carbocycles. The van der Waals surface area contributed by atoms with Gasteiger partial charge in [0.1, 0.15) is 17.3 Å².